The standard InChI is InChI=1S/C50H30N4O8S4/c1-19-15-24-37-36-25(44(56)51(3)47(59)35(19)36)16-21(40(37)48(60)52(4)43(24)55)29-10-13-33(65-29)34-14-11-30(66-34)23-18-27-38-39-26(45(57)54(6)50(62)42(23)39)17-22(41(38)49(61)53(5)46(27)58)28-9-12-32(64-28)31-8-7-20(2)63-31/h7-18H,1-6H3. The Morgan fingerprint density at radius 1 is 0.303 bits per heavy atom. The largest absolute Gasteiger partial charge is 0.277 e. The van der Waals surface area contributed by atoms with E-state index in [0.29, 0.717) is 37.4 Å². The van der Waals surface area contributed by atoms with Crippen LogP contribution in [0.25, 0.3) is 72.4 Å². The molecule has 0 N–H and O–H groups in total. The molecule has 0 bridgehead atoms. The molecule has 8 aromatic rings. The minimum atomic E-state index is -0.562. The fourth-order valence-corrected chi connectivity index (χ4v) is 13.9. The number of rotatable bonds is 5. The third-order valence-electron chi connectivity index (χ3n) is 13.1. The van der Waals surface area contributed by atoms with E-state index in [4.69, 9.17) is 0 Å². The number of hydrogen-bond acceptors (Lipinski definition) is 12. The maximum absolute atomic E-state index is 14.4. The van der Waals surface area contributed by atoms with Crippen molar-refractivity contribution >= 4 is 114 Å². The van der Waals surface area contributed by atoms with Gasteiger partial charge in [0.05, 0.1) is 22.3 Å². The van der Waals surface area contributed by atoms with Crippen LogP contribution in [0.1, 0.15) is 93.3 Å². The highest BCUT2D eigenvalue weighted by Gasteiger charge is 2.43. The first kappa shape index (κ1) is 40.3. The van der Waals surface area contributed by atoms with Gasteiger partial charge >= 0.3 is 0 Å². The minimum absolute atomic E-state index is 0.204. The van der Waals surface area contributed by atoms with Crippen LogP contribution >= 0.6 is 45.3 Å². The van der Waals surface area contributed by atoms with E-state index < -0.39 is 47.3 Å². The Bertz CT molecular complexity index is 3770. The summed E-state index contributed by atoms with van der Waals surface area (Å²) >= 11 is 5.86. The molecule has 4 aromatic heterocycles. The van der Waals surface area contributed by atoms with Gasteiger partial charge in [-0.05, 0) is 92.2 Å². The van der Waals surface area contributed by atoms with Crippen molar-refractivity contribution in [3.8, 4) is 50.8 Å². The highest BCUT2D eigenvalue weighted by molar-refractivity contribution is 7.25. The Hall–Kier alpha value is -7.24. The van der Waals surface area contributed by atoms with Crippen LogP contribution in [0, 0.1) is 13.8 Å². The van der Waals surface area contributed by atoms with E-state index in [2.05, 4.69) is 0 Å². The summed E-state index contributed by atoms with van der Waals surface area (Å²) in [6.07, 6.45) is 0. The van der Waals surface area contributed by atoms with Crippen molar-refractivity contribution in [2.45, 2.75) is 13.8 Å². The fourth-order valence-electron chi connectivity index (χ4n) is 9.78. The second-order valence-corrected chi connectivity index (χ2v) is 21.3. The Balaban J connectivity index is 1.02. The second-order valence-electron chi connectivity index (χ2n) is 16.7. The van der Waals surface area contributed by atoms with Gasteiger partial charge in [-0.25, -0.2) is 0 Å². The number of hydrogen-bond donors (Lipinski definition) is 0. The lowest BCUT2D eigenvalue weighted by molar-refractivity contribution is 0.0629. The predicted molar refractivity (Wildman–Crippen MR) is 255 cm³/mol. The van der Waals surface area contributed by atoms with Crippen LogP contribution < -0.4 is 0 Å². The molecule has 0 unspecified atom stereocenters. The van der Waals surface area contributed by atoms with Crippen LogP contribution in [-0.4, -0.2) is 95.0 Å². The Morgan fingerprint density at radius 3 is 0.909 bits per heavy atom. The first-order chi connectivity index (χ1) is 31.5. The molecule has 8 amide bonds. The van der Waals surface area contributed by atoms with Crippen LogP contribution in [0.4, 0.5) is 0 Å². The molecule has 0 saturated carbocycles. The number of nitrogens with zero attached hydrogens (tertiary/aromatic N) is 4. The molecule has 322 valence electrons. The van der Waals surface area contributed by atoms with Gasteiger partial charge in [-0.2, -0.15) is 0 Å². The molecule has 0 aliphatic carbocycles. The van der Waals surface area contributed by atoms with E-state index in [1.165, 1.54) is 62.2 Å². The second kappa shape index (κ2) is 13.6. The first-order valence-electron chi connectivity index (χ1n) is 20.5. The van der Waals surface area contributed by atoms with E-state index in [0.717, 1.165) is 48.9 Å². The van der Waals surface area contributed by atoms with E-state index in [-0.39, 0.29) is 60.7 Å². The van der Waals surface area contributed by atoms with Crippen LogP contribution in [0.15, 0.2) is 72.8 Å². The first-order valence-corrected chi connectivity index (χ1v) is 23.8. The van der Waals surface area contributed by atoms with Crippen molar-refractivity contribution in [1.82, 2.24) is 19.6 Å². The molecule has 0 saturated heterocycles. The van der Waals surface area contributed by atoms with Gasteiger partial charge in [-0.1, -0.05) is 0 Å². The van der Waals surface area contributed by atoms with Gasteiger partial charge in [0, 0.05) is 128 Å². The Morgan fingerprint density at radius 2 is 0.576 bits per heavy atom. The molecule has 66 heavy (non-hydrogen) atoms. The van der Waals surface area contributed by atoms with Crippen LogP contribution in [0.3, 0.4) is 0 Å². The van der Waals surface area contributed by atoms with E-state index in [1.807, 2.05) is 55.5 Å². The fraction of sp³-hybridized carbons (Fsp3) is 0.120. The van der Waals surface area contributed by atoms with Crippen LogP contribution in [0.5, 0.6) is 0 Å². The lowest BCUT2D eigenvalue weighted by atomic mass is 9.81. The van der Waals surface area contributed by atoms with Gasteiger partial charge in [-0.15, -0.1) is 45.3 Å². The molecule has 4 aromatic carbocycles. The zero-order valence-corrected chi connectivity index (χ0v) is 38.9. The lowest BCUT2D eigenvalue weighted by Gasteiger charge is -2.32. The monoisotopic (exact) mass is 942 g/mol. The Labute approximate surface area is 390 Å². The Kier molecular flexibility index (Phi) is 8.33. The third kappa shape index (κ3) is 5.17. The van der Waals surface area contributed by atoms with Gasteiger partial charge < -0.3 is 0 Å². The van der Waals surface area contributed by atoms with Crippen molar-refractivity contribution in [3.63, 3.8) is 0 Å². The molecule has 12 nitrogen and oxygen atoms in total. The summed E-state index contributed by atoms with van der Waals surface area (Å²) in [4.78, 5) is 123. The van der Waals surface area contributed by atoms with E-state index in [9.17, 15) is 38.4 Å². The maximum atomic E-state index is 14.4. The third-order valence-corrected chi connectivity index (χ3v) is 17.8. The summed E-state index contributed by atoms with van der Waals surface area (Å²) in [5.41, 5.74) is 3.77. The summed E-state index contributed by atoms with van der Waals surface area (Å²) in [5, 5.41) is 1.14. The normalized spacial score (nSPS) is 15.5. The molecule has 0 fully saturated rings. The van der Waals surface area contributed by atoms with Crippen molar-refractivity contribution in [1.29, 1.82) is 0 Å². The number of thiophene rings is 4. The van der Waals surface area contributed by atoms with Gasteiger partial charge in [0.2, 0.25) is 0 Å². The zero-order chi connectivity index (χ0) is 46.1. The van der Waals surface area contributed by atoms with E-state index >= 15 is 0 Å². The summed E-state index contributed by atoms with van der Waals surface area (Å²) in [6, 6.07) is 22.0. The van der Waals surface area contributed by atoms with Crippen molar-refractivity contribution < 1.29 is 38.4 Å². The molecule has 0 spiro atoms. The molecule has 4 aliphatic rings. The SMILES string of the molecule is Cc1ccc(-c2ccc(-c3cc4c5c(c(-c6ccc(-c7ccc(-c8cc9c%10c(c(C)cc%11c%10c8C(=O)N(C)C%11=O)C(=O)N(C)C9=O)s7)s6)cc6c5c3C(=O)N(C)C6=O)C(=O)N(C)C4=O)s2)s1. The number of carbonyl (C=O) groups is 8. The summed E-state index contributed by atoms with van der Waals surface area (Å²) in [5.74, 6) is -4.31. The molecular formula is C50H30N4O8S4. The molecule has 0 atom stereocenters. The van der Waals surface area contributed by atoms with Gasteiger partial charge in [-0.3, -0.25) is 58.0 Å². The highest BCUT2D eigenvalue weighted by atomic mass is 32.1. The minimum Gasteiger partial charge on any atom is -0.277 e. The van der Waals surface area contributed by atoms with Gasteiger partial charge in [0.25, 0.3) is 47.3 Å². The summed E-state index contributed by atoms with van der Waals surface area (Å²) < 4.78 is 0. The number of imide groups is 4. The quantitative estimate of drug-likeness (QED) is 0.155. The smallest absolute Gasteiger partial charge is 0.261 e. The predicted octanol–water partition coefficient (Wildman–Crippen LogP) is 10.1. The molecule has 0 radical (unpaired) electrons. The summed E-state index contributed by atoms with van der Waals surface area (Å²) in [6.45, 7) is 3.74. The van der Waals surface area contributed by atoms with Gasteiger partial charge in [0.1, 0.15) is 0 Å². The topological polar surface area (TPSA) is 150 Å². The maximum Gasteiger partial charge on any atom is 0.261 e. The van der Waals surface area contributed by atoms with Crippen molar-refractivity contribution in [2.24, 2.45) is 0 Å². The lowest BCUT2D eigenvalue weighted by Crippen LogP contribution is -2.41. The molecule has 8 heterocycles. The van der Waals surface area contributed by atoms with Crippen LogP contribution in [-0.2, 0) is 0 Å². The molecule has 4 aliphatic heterocycles. The van der Waals surface area contributed by atoms with E-state index in [1.54, 1.807) is 42.5 Å². The van der Waals surface area contributed by atoms with Crippen molar-refractivity contribution in [2.75, 3.05) is 28.2 Å². The number of amides is 8. The average molecular weight is 943 g/mol. The van der Waals surface area contributed by atoms with Gasteiger partial charge in [0.15, 0.2) is 0 Å². The summed E-state index contributed by atoms with van der Waals surface area (Å²) in [7, 11) is 5.68. The number of benzene rings is 4. The molecule has 12 rings (SSSR count). The van der Waals surface area contributed by atoms with Crippen LogP contribution in [0.2, 0.25) is 0 Å². The zero-order valence-electron chi connectivity index (χ0n) is 35.6. The van der Waals surface area contributed by atoms with Crippen molar-refractivity contribution in [3.05, 3.63) is 128 Å². The average Bonchev–Trinajstić information content (AvgIpc) is 4.16. The number of aryl methyl sites for hydroxylation is 2. The highest BCUT2D eigenvalue weighted by Crippen LogP contribution is 2.51. The molecule has 16 heteroatoms. The molecular weight excluding hydrogens is 913 g/mol. The number of carbonyl (C=O) groups excluding carboxylic acids is 8.